The highest BCUT2D eigenvalue weighted by molar-refractivity contribution is 5.80. The normalized spacial score (nSPS) is 14.6. The number of carbonyl (C=O) groups is 2. The summed E-state index contributed by atoms with van der Waals surface area (Å²) in [7, 11) is 1.63. The highest BCUT2D eigenvalue weighted by Gasteiger charge is 2.24. The summed E-state index contributed by atoms with van der Waals surface area (Å²) < 4.78 is 5.14. The molecule has 0 atom stereocenters. The van der Waals surface area contributed by atoms with Crippen molar-refractivity contribution in [2.24, 2.45) is 0 Å². The van der Waals surface area contributed by atoms with Gasteiger partial charge in [-0.1, -0.05) is 26.0 Å². The Labute approximate surface area is 156 Å². The second-order valence-electron chi connectivity index (χ2n) is 6.56. The summed E-state index contributed by atoms with van der Waals surface area (Å²) in [5, 5.41) is 0. The fourth-order valence-corrected chi connectivity index (χ4v) is 3.19. The van der Waals surface area contributed by atoms with Gasteiger partial charge in [-0.2, -0.15) is 0 Å². The Kier molecular flexibility index (Phi) is 7.91. The Morgan fingerprint density at radius 1 is 0.962 bits per heavy atom. The molecule has 144 valence electrons. The lowest BCUT2D eigenvalue weighted by Gasteiger charge is -2.35. The molecule has 0 radical (unpaired) electrons. The summed E-state index contributed by atoms with van der Waals surface area (Å²) in [4.78, 5) is 30.8. The smallest absolute Gasteiger partial charge is 0.227 e. The first-order chi connectivity index (χ1) is 12.6. The van der Waals surface area contributed by atoms with E-state index in [1.54, 1.807) is 7.11 Å². The van der Waals surface area contributed by atoms with Crippen LogP contribution in [0, 0.1) is 0 Å². The molecule has 0 bridgehead atoms. The highest BCUT2D eigenvalue weighted by Crippen LogP contribution is 2.13. The number of methoxy groups -OCH3 is 1. The zero-order valence-corrected chi connectivity index (χ0v) is 16.2. The van der Waals surface area contributed by atoms with E-state index >= 15 is 0 Å². The summed E-state index contributed by atoms with van der Waals surface area (Å²) in [5.41, 5.74) is 0.980. The van der Waals surface area contributed by atoms with Crippen LogP contribution in [-0.4, -0.2) is 79.4 Å². The van der Waals surface area contributed by atoms with Gasteiger partial charge in [-0.25, -0.2) is 0 Å². The Bertz CT molecular complexity index is 576. The molecule has 0 aliphatic carbocycles. The van der Waals surface area contributed by atoms with E-state index in [0.29, 0.717) is 39.0 Å². The topological polar surface area (TPSA) is 53.1 Å². The van der Waals surface area contributed by atoms with E-state index in [1.807, 2.05) is 34.1 Å². The van der Waals surface area contributed by atoms with E-state index in [2.05, 4.69) is 18.7 Å². The molecule has 1 saturated heterocycles. The molecule has 1 aliphatic heterocycles. The van der Waals surface area contributed by atoms with Crippen LogP contribution < -0.4 is 4.74 Å². The number of piperazine rings is 1. The number of hydrogen-bond donors (Lipinski definition) is 0. The van der Waals surface area contributed by atoms with Crippen molar-refractivity contribution in [1.82, 2.24) is 14.7 Å². The van der Waals surface area contributed by atoms with E-state index in [-0.39, 0.29) is 11.8 Å². The van der Waals surface area contributed by atoms with Gasteiger partial charge in [0.2, 0.25) is 11.8 Å². The monoisotopic (exact) mass is 361 g/mol. The number of hydrogen-bond acceptors (Lipinski definition) is 4. The minimum atomic E-state index is 0.116. The van der Waals surface area contributed by atoms with Crippen molar-refractivity contribution in [3.63, 3.8) is 0 Å². The third-order valence-electron chi connectivity index (χ3n) is 5.04. The van der Waals surface area contributed by atoms with Crippen molar-refractivity contribution in [2.45, 2.75) is 26.7 Å². The van der Waals surface area contributed by atoms with E-state index in [1.165, 1.54) is 0 Å². The van der Waals surface area contributed by atoms with Crippen LogP contribution >= 0.6 is 0 Å². The van der Waals surface area contributed by atoms with Crippen LogP contribution in [0.25, 0.3) is 0 Å². The fourth-order valence-electron chi connectivity index (χ4n) is 3.19. The molecule has 0 spiro atoms. The summed E-state index contributed by atoms with van der Waals surface area (Å²) in [5.74, 6) is 1.10. The van der Waals surface area contributed by atoms with Crippen LogP contribution in [0.5, 0.6) is 5.75 Å². The largest absolute Gasteiger partial charge is 0.497 e. The van der Waals surface area contributed by atoms with E-state index < -0.39 is 0 Å². The molecule has 0 saturated carbocycles. The molecule has 26 heavy (non-hydrogen) atoms. The number of carbonyl (C=O) groups excluding carboxylic acids is 2. The zero-order valence-electron chi connectivity index (χ0n) is 16.2. The van der Waals surface area contributed by atoms with Gasteiger partial charge in [0, 0.05) is 39.1 Å². The summed E-state index contributed by atoms with van der Waals surface area (Å²) in [6.45, 7) is 9.47. The van der Waals surface area contributed by atoms with Gasteiger partial charge in [0.05, 0.1) is 13.5 Å². The Morgan fingerprint density at radius 2 is 1.50 bits per heavy atom. The predicted molar refractivity (Wildman–Crippen MR) is 102 cm³/mol. The number of amides is 2. The van der Waals surface area contributed by atoms with E-state index in [9.17, 15) is 9.59 Å². The third-order valence-corrected chi connectivity index (χ3v) is 5.04. The lowest BCUT2D eigenvalue weighted by atomic mass is 10.1. The quantitative estimate of drug-likeness (QED) is 0.706. The number of nitrogens with zero attached hydrogens (tertiary/aromatic N) is 3. The minimum Gasteiger partial charge on any atom is -0.497 e. The van der Waals surface area contributed by atoms with E-state index in [0.717, 1.165) is 30.9 Å². The maximum atomic E-state index is 12.5. The molecule has 1 heterocycles. The molecule has 2 amide bonds. The molecule has 2 rings (SSSR count). The zero-order chi connectivity index (χ0) is 18.9. The maximum Gasteiger partial charge on any atom is 0.227 e. The van der Waals surface area contributed by atoms with Crippen molar-refractivity contribution in [2.75, 3.05) is 52.9 Å². The average Bonchev–Trinajstić information content (AvgIpc) is 2.69. The van der Waals surface area contributed by atoms with Gasteiger partial charge in [-0.3, -0.25) is 9.59 Å². The number of ether oxygens (including phenoxy) is 1. The molecule has 1 aromatic rings. The second-order valence-corrected chi connectivity index (χ2v) is 6.56. The second kappa shape index (κ2) is 10.2. The standard InChI is InChI=1S/C20H31N3O3/c1-4-21(5-2)11-10-19(24)22-12-14-23(15-13-22)20(25)16-17-6-8-18(26-3)9-7-17/h6-9H,4-5,10-16H2,1-3H3. The van der Waals surface area contributed by atoms with Gasteiger partial charge < -0.3 is 19.4 Å². The van der Waals surface area contributed by atoms with Crippen LogP contribution in [0.3, 0.4) is 0 Å². The Hall–Kier alpha value is -2.08. The Morgan fingerprint density at radius 3 is 2.00 bits per heavy atom. The van der Waals surface area contributed by atoms with Gasteiger partial charge in [0.15, 0.2) is 0 Å². The van der Waals surface area contributed by atoms with Gasteiger partial charge in [0.25, 0.3) is 0 Å². The van der Waals surface area contributed by atoms with Crippen molar-refractivity contribution in [3.8, 4) is 5.75 Å². The van der Waals surface area contributed by atoms with Gasteiger partial charge in [0.1, 0.15) is 5.75 Å². The number of rotatable bonds is 8. The molecule has 1 aliphatic rings. The molecule has 0 N–H and O–H groups in total. The SMILES string of the molecule is CCN(CC)CCC(=O)N1CCN(C(=O)Cc2ccc(OC)cc2)CC1. The fraction of sp³-hybridized carbons (Fsp3) is 0.600. The molecule has 6 heteroatoms. The van der Waals surface area contributed by atoms with Crippen LogP contribution in [0.4, 0.5) is 0 Å². The molecule has 6 nitrogen and oxygen atoms in total. The van der Waals surface area contributed by atoms with Gasteiger partial charge in [-0.15, -0.1) is 0 Å². The Balaban J connectivity index is 1.76. The first-order valence-electron chi connectivity index (χ1n) is 9.48. The first-order valence-corrected chi connectivity index (χ1v) is 9.48. The summed E-state index contributed by atoms with van der Waals surface area (Å²) in [6, 6.07) is 7.58. The van der Waals surface area contributed by atoms with Crippen LogP contribution in [-0.2, 0) is 16.0 Å². The summed E-state index contributed by atoms with van der Waals surface area (Å²) >= 11 is 0. The third kappa shape index (κ3) is 5.73. The molecular weight excluding hydrogens is 330 g/mol. The van der Waals surface area contributed by atoms with Gasteiger partial charge in [-0.05, 0) is 30.8 Å². The molecule has 0 unspecified atom stereocenters. The van der Waals surface area contributed by atoms with Crippen molar-refractivity contribution in [1.29, 1.82) is 0 Å². The average molecular weight is 361 g/mol. The molecule has 1 aromatic carbocycles. The minimum absolute atomic E-state index is 0.116. The highest BCUT2D eigenvalue weighted by atomic mass is 16.5. The first kappa shape index (κ1) is 20.2. The van der Waals surface area contributed by atoms with Crippen LogP contribution in [0.2, 0.25) is 0 Å². The van der Waals surface area contributed by atoms with E-state index in [4.69, 9.17) is 4.74 Å². The number of benzene rings is 1. The summed E-state index contributed by atoms with van der Waals surface area (Å²) in [6.07, 6.45) is 0.946. The van der Waals surface area contributed by atoms with Crippen molar-refractivity contribution in [3.05, 3.63) is 29.8 Å². The lowest BCUT2D eigenvalue weighted by molar-refractivity contribution is -0.139. The maximum absolute atomic E-state index is 12.5. The van der Waals surface area contributed by atoms with Crippen molar-refractivity contribution < 1.29 is 14.3 Å². The predicted octanol–water partition coefficient (Wildman–Crippen LogP) is 1.64. The van der Waals surface area contributed by atoms with Crippen LogP contribution in [0.15, 0.2) is 24.3 Å². The molecule has 0 aromatic heterocycles. The molecular formula is C20H31N3O3. The van der Waals surface area contributed by atoms with Gasteiger partial charge >= 0.3 is 0 Å². The molecule has 1 fully saturated rings. The van der Waals surface area contributed by atoms with Crippen LogP contribution in [0.1, 0.15) is 25.8 Å². The lowest BCUT2D eigenvalue weighted by Crippen LogP contribution is -2.51. The van der Waals surface area contributed by atoms with Crippen molar-refractivity contribution >= 4 is 11.8 Å².